The molecule has 1 N–H and O–H groups in total. The molecule has 2 aliphatic rings. The fourth-order valence-electron chi connectivity index (χ4n) is 4.46. The van der Waals surface area contributed by atoms with Crippen molar-refractivity contribution in [3.63, 3.8) is 0 Å². The molecule has 0 spiro atoms. The minimum atomic E-state index is -0.233. The van der Waals surface area contributed by atoms with Gasteiger partial charge in [-0.3, -0.25) is 24.3 Å². The molecule has 1 fully saturated rings. The van der Waals surface area contributed by atoms with Crippen molar-refractivity contribution in [2.45, 2.75) is 33.6 Å². The van der Waals surface area contributed by atoms with Crippen LogP contribution in [0, 0.1) is 0 Å². The SMILES string of the molecule is CC(C)=CCC/C(C)=C\CN1CCN(CC(=O)N2c3ccccc3C(=O)Nc3cccnc32)CC1.Cl.Cl. The lowest BCUT2D eigenvalue weighted by Crippen LogP contribution is -2.49. The van der Waals surface area contributed by atoms with Gasteiger partial charge in [0.1, 0.15) is 0 Å². The van der Waals surface area contributed by atoms with Crippen molar-refractivity contribution < 1.29 is 9.59 Å². The van der Waals surface area contributed by atoms with E-state index in [1.807, 2.05) is 6.07 Å². The fraction of sp³-hybridized carbons (Fsp3) is 0.393. The Morgan fingerprint density at radius 2 is 1.68 bits per heavy atom. The molecule has 1 aromatic heterocycles. The van der Waals surface area contributed by atoms with Crippen LogP contribution in [-0.4, -0.2) is 65.9 Å². The number of benzene rings is 1. The Kier molecular flexibility index (Phi) is 11.8. The second-order valence-electron chi connectivity index (χ2n) is 9.52. The summed E-state index contributed by atoms with van der Waals surface area (Å²) in [7, 11) is 0. The summed E-state index contributed by atoms with van der Waals surface area (Å²) >= 11 is 0. The van der Waals surface area contributed by atoms with Crippen LogP contribution in [0.15, 0.2) is 65.9 Å². The molecule has 0 radical (unpaired) electrons. The molecule has 1 saturated heterocycles. The van der Waals surface area contributed by atoms with E-state index >= 15 is 0 Å². The van der Waals surface area contributed by atoms with Gasteiger partial charge in [0.2, 0.25) is 5.91 Å². The van der Waals surface area contributed by atoms with Crippen LogP contribution >= 0.6 is 24.8 Å². The van der Waals surface area contributed by atoms with Crippen molar-refractivity contribution in [3.05, 3.63) is 71.5 Å². The van der Waals surface area contributed by atoms with Gasteiger partial charge in [-0.1, -0.05) is 35.4 Å². The van der Waals surface area contributed by atoms with Crippen molar-refractivity contribution in [3.8, 4) is 0 Å². The second-order valence-corrected chi connectivity index (χ2v) is 9.52. The first-order chi connectivity index (χ1) is 16.9. The molecule has 9 heteroatoms. The van der Waals surface area contributed by atoms with E-state index in [1.54, 1.807) is 41.4 Å². The van der Waals surface area contributed by atoms with Crippen molar-refractivity contribution >= 4 is 53.8 Å². The third kappa shape index (κ3) is 7.89. The first kappa shape index (κ1) is 30.5. The normalized spacial score (nSPS) is 15.8. The smallest absolute Gasteiger partial charge is 0.257 e. The molecule has 7 nitrogen and oxygen atoms in total. The zero-order chi connectivity index (χ0) is 24.8. The molecule has 3 heterocycles. The zero-order valence-electron chi connectivity index (χ0n) is 21.8. The van der Waals surface area contributed by atoms with E-state index in [4.69, 9.17) is 0 Å². The number of anilines is 3. The maximum absolute atomic E-state index is 13.6. The number of carbonyl (C=O) groups excluding carboxylic acids is 2. The fourth-order valence-corrected chi connectivity index (χ4v) is 4.46. The van der Waals surface area contributed by atoms with E-state index in [2.05, 4.69) is 53.0 Å². The number of fused-ring (bicyclic) bond motifs is 2. The van der Waals surface area contributed by atoms with Crippen LogP contribution in [-0.2, 0) is 4.79 Å². The molecule has 0 atom stereocenters. The number of nitrogens with one attached hydrogen (secondary N) is 1. The first-order valence-corrected chi connectivity index (χ1v) is 12.3. The highest BCUT2D eigenvalue weighted by Crippen LogP contribution is 2.36. The van der Waals surface area contributed by atoms with Crippen molar-refractivity contribution in [1.29, 1.82) is 0 Å². The van der Waals surface area contributed by atoms with Crippen LogP contribution in [0.1, 0.15) is 44.0 Å². The van der Waals surface area contributed by atoms with E-state index in [1.165, 1.54) is 11.1 Å². The molecule has 0 unspecified atom stereocenters. The highest BCUT2D eigenvalue weighted by Gasteiger charge is 2.31. The summed E-state index contributed by atoms with van der Waals surface area (Å²) in [4.78, 5) is 37.0. The molecule has 2 amide bonds. The zero-order valence-corrected chi connectivity index (χ0v) is 23.4. The number of amides is 2. The number of piperazine rings is 1. The average molecular weight is 547 g/mol. The van der Waals surface area contributed by atoms with Crippen molar-refractivity contribution in [2.75, 3.05) is 49.5 Å². The summed E-state index contributed by atoms with van der Waals surface area (Å²) in [5, 5.41) is 2.89. The lowest BCUT2D eigenvalue weighted by Gasteiger charge is -2.35. The van der Waals surface area contributed by atoms with Crippen LogP contribution in [0.3, 0.4) is 0 Å². The summed E-state index contributed by atoms with van der Waals surface area (Å²) in [5.41, 5.74) is 4.37. The Bertz CT molecular complexity index is 1140. The minimum Gasteiger partial charge on any atom is -0.319 e. The van der Waals surface area contributed by atoms with Crippen LogP contribution < -0.4 is 10.2 Å². The van der Waals surface area contributed by atoms with Gasteiger partial charge in [0, 0.05) is 38.9 Å². The highest BCUT2D eigenvalue weighted by atomic mass is 35.5. The lowest BCUT2D eigenvalue weighted by atomic mass is 10.1. The van der Waals surface area contributed by atoms with E-state index in [9.17, 15) is 9.59 Å². The summed E-state index contributed by atoms with van der Waals surface area (Å²) in [6, 6.07) is 10.7. The van der Waals surface area contributed by atoms with E-state index < -0.39 is 0 Å². The van der Waals surface area contributed by atoms with Gasteiger partial charge in [0.25, 0.3) is 5.91 Å². The average Bonchev–Trinajstić information content (AvgIpc) is 2.97. The maximum Gasteiger partial charge on any atom is 0.257 e. The summed E-state index contributed by atoms with van der Waals surface area (Å²) in [5.74, 6) is 0.142. The Labute approximate surface area is 232 Å². The number of aromatic nitrogens is 1. The minimum absolute atomic E-state index is 0. The molecule has 0 bridgehead atoms. The number of carbonyl (C=O) groups is 2. The van der Waals surface area contributed by atoms with Crippen LogP contribution in [0.5, 0.6) is 0 Å². The number of para-hydroxylation sites is 1. The molecule has 200 valence electrons. The van der Waals surface area contributed by atoms with Gasteiger partial charge in [-0.25, -0.2) is 4.98 Å². The van der Waals surface area contributed by atoms with Crippen molar-refractivity contribution in [2.24, 2.45) is 0 Å². The molecular formula is C28H37Cl2N5O2. The van der Waals surface area contributed by atoms with E-state index in [0.29, 0.717) is 22.8 Å². The third-order valence-corrected chi connectivity index (χ3v) is 6.50. The molecule has 2 aromatic rings. The molecule has 2 aliphatic heterocycles. The molecular weight excluding hydrogens is 509 g/mol. The maximum atomic E-state index is 13.6. The van der Waals surface area contributed by atoms with Gasteiger partial charge in [-0.05, 0) is 57.9 Å². The Morgan fingerprint density at radius 3 is 2.41 bits per heavy atom. The highest BCUT2D eigenvalue weighted by molar-refractivity contribution is 6.17. The van der Waals surface area contributed by atoms with E-state index in [-0.39, 0.29) is 43.2 Å². The quantitative estimate of drug-likeness (QED) is 0.467. The van der Waals surface area contributed by atoms with Gasteiger partial charge in [-0.2, -0.15) is 0 Å². The first-order valence-electron chi connectivity index (χ1n) is 12.3. The number of nitrogens with zero attached hydrogens (tertiary/aromatic N) is 4. The van der Waals surface area contributed by atoms with Crippen LogP contribution in [0.25, 0.3) is 0 Å². The number of pyridine rings is 1. The van der Waals surface area contributed by atoms with Gasteiger partial charge >= 0.3 is 0 Å². The van der Waals surface area contributed by atoms with Gasteiger partial charge in [-0.15, -0.1) is 24.8 Å². The van der Waals surface area contributed by atoms with Gasteiger partial charge in [0.15, 0.2) is 5.82 Å². The Balaban J connectivity index is 0.00000241. The second kappa shape index (κ2) is 14.3. The van der Waals surface area contributed by atoms with E-state index in [0.717, 1.165) is 45.6 Å². The number of rotatable bonds is 7. The molecule has 0 aliphatic carbocycles. The third-order valence-electron chi connectivity index (χ3n) is 6.50. The van der Waals surface area contributed by atoms with Crippen LogP contribution in [0.4, 0.5) is 17.2 Å². The van der Waals surface area contributed by atoms with Gasteiger partial charge < -0.3 is 5.32 Å². The Morgan fingerprint density at radius 1 is 0.973 bits per heavy atom. The molecule has 4 rings (SSSR count). The summed E-state index contributed by atoms with van der Waals surface area (Å²) < 4.78 is 0. The number of allylic oxidation sites excluding steroid dienone is 3. The number of halogens is 2. The standard InChI is InChI=1S/C28H35N5O2.2ClH/c1-21(2)8-6-9-22(3)13-15-31-16-18-32(19-17-31)20-26(34)33-25-12-5-4-10-23(25)28(35)30-24-11-7-14-29-27(24)33;;/h4-5,7-8,10-14H,6,9,15-20H2,1-3H3,(H,30,35);2*1H/b22-13-;;. The molecule has 0 saturated carbocycles. The Hall–Kier alpha value is -2.71. The topological polar surface area (TPSA) is 68.8 Å². The lowest BCUT2D eigenvalue weighted by molar-refractivity contribution is -0.119. The largest absolute Gasteiger partial charge is 0.319 e. The van der Waals surface area contributed by atoms with Gasteiger partial charge in [0.05, 0.1) is 23.5 Å². The summed E-state index contributed by atoms with van der Waals surface area (Å²) in [6.07, 6.45) is 8.46. The molecule has 37 heavy (non-hydrogen) atoms. The number of hydrogen-bond donors (Lipinski definition) is 1. The molecule has 1 aromatic carbocycles. The predicted molar refractivity (Wildman–Crippen MR) is 156 cm³/mol. The monoisotopic (exact) mass is 545 g/mol. The predicted octanol–water partition coefficient (Wildman–Crippen LogP) is 5.47. The summed E-state index contributed by atoms with van der Waals surface area (Å²) in [6.45, 7) is 11.2. The van der Waals surface area contributed by atoms with Crippen molar-refractivity contribution in [1.82, 2.24) is 14.8 Å². The van der Waals surface area contributed by atoms with Crippen LogP contribution in [0.2, 0.25) is 0 Å². The number of hydrogen-bond acceptors (Lipinski definition) is 5.